The number of hydrogen-bond acceptors (Lipinski definition) is 3. The van der Waals surface area contributed by atoms with Crippen molar-refractivity contribution < 1.29 is 0 Å². The number of aromatic nitrogens is 1. The number of rotatable bonds is 2. The minimum atomic E-state index is 0.169. The van der Waals surface area contributed by atoms with E-state index in [4.69, 9.17) is 18.0 Å². The summed E-state index contributed by atoms with van der Waals surface area (Å²) in [7, 11) is 0. The second kappa shape index (κ2) is 4.01. The maximum absolute atomic E-state index is 5.71. The number of hydrogen-bond donors (Lipinski definition) is 1. The first kappa shape index (κ1) is 11.3. The van der Waals surface area contributed by atoms with Gasteiger partial charge in [0.2, 0.25) is 0 Å². The van der Waals surface area contributed by atoms with E-state index in [2.05, 4.69) is 29.8 Å². The zero-order valence-electron chi connectivity index (χ0n) is 9.73. The highest BCUT2D eigenvalue weighted by Crippen LogP contribution is 2.34. The van der Waals surface area contributed by atoms with Crippen LogP contribution in [0, 0.1) is 0 Å². The number of anilines is 1. The third-order valence-corrected chi connectivity index (χ3v) is 3.40. The van der Waals surface area contributed by atoms with Crippen LogP contribution < -0.4 is 10.6 Å². The molecule has 0 atom stereocenters. The standard InChI is InChI=1S/C12H17N3S/c1-12(2)6-4-8-15(12)9-5-3-7-14-10(9)11(13)16/h3,5,7H,4,6,8H2,1-2H3,(H2,13,16). The summed E-state index contributed by atoms with van der Waals surface area (Å²) in [5.74, 6) is 0. The fourth-order valence-corrected chi connectivity index (χ4v) is 2.52. The Labute approximate surface area is 102 Å². The fourth-order valence-electron chi connectivity index (χ4n) is 2.36. The van der Waals surface area contributed by atoms with Crippen LogP contribution >= 0.6 is 12.2 Å². The van der Waals surface area contributed by atoms with E-state index in [0.29, 0.717) is 4.99 Å². The van der Waals surface area contributed by atoms with E-state index in [9.17, 15) is 0 Å². The van der Waals surface area contributed by atoms with Crippen molar-refractivity contribution in [3.8, 4) is 0 Å². The summed E-state index contributed by atoms with van der Waals surface area (Å²) in [6.07, 6.45) is 4.14. The lowest BCUT2D eigenvalue weighted by atomic mass is 10.0. The predicted octanol–water partition coefficient (Wildman–Crippen LogP) is 2.09. The van der Waals surface area contributed by atoms with Crippen LogP contribution in [-0.4, -0.2) is 22.1 Å². The van der Waals surface area contributed by atoms with Gasteiger partial charge in [-0.05, 0) is 38.8 Å². The van der Waals surface area contributed by atoms with Gasteiger partial charge < -0.3 is 10.6 Å². The molecule has 0 spiro atoms. The van der Waals surface area contributed by atoms with E-state index in [-0.39, 0.29) is 5.54 Å². The van der Waals surface area contributed by atoms with Crippen molar-refractivity contribution in [1.29, 1.82) is 0 Å². The van der Waals surface area contributed by atoms with Gasteiger partial charge in [-0.25, -0.2) is 0 Å². The molecule has 16 heavy (non-hydrogen) atoms. The van der Waals surface area contributed by atoms with Crippen LogP contribution in [0.15, 0.2) is 18.3 Å². The molecule has 0 aliphatic carbocycles. The van der Waals surface area contributed by atoms with Crippen LogP contribution in [0.3, 0.4) is 0 Å². The maximum Gasteiger partial charge on any atom is 0.124 e. The minimum absolute atomic E-state index is 0.169. The van der Waals surface area contributed by atoms with Gasteiger partial charge in [0.05, 0.1) is 5.69 Å². The molecule has 0 radical (unpaired) electrons. The number of pyridine rings is 1. The largest absolute Gasteiger partial charge is 0.388 e. The summed E-state index contributed by atoms with van der Waals surface area (Å²) in [5.41, 5.74) is 7.69. The summed E-state index contributed by atoms with van der Waals surface area (Å²) in [6.45, 7) is 5.54. The molecule has 1 aromatic rings. The van der Waals surface area contributed by atoms with Crippen LogP contribution in [0.4, 0.5) is 5.69 Å². The van der Waals surface area contributed by atoms with E-state index in [1.54, 1.807) is 6.20 Å². The van der Waals surface area contributed by atoms with Gasteiger partial charge in [-0.2, -0.15) is 0 Å². The third kappa shape index (κ3) is 1.89. The van der Waals surface area contributed by atoms with Gasteiger partial charge in [0.15, 0.2) is 0 Å². The van der Waals surface area contributed by atoms with Crippen molar-refractivity contribution in [3.63, 3.8) is 0 Å². The zero-order valence-corrected chi connectivity index (χ0v) is 10.5. The van der Waals surface area contributed by atoms with Gasteiger partial charge in [-0.15, -0.1) is 0 Å². The van der Waals surface area contributed by atoms with Crippen LogP contribution in [0.1, 0.15) is 32.4 Å². The van der Waals surface area contributed by atoms with Gasteiger partial charge in [0.1, 0.15) is 10.7 Å². The molecular formula is C12H17N3S. The zero-order chi connectivity index (χ0) is 11.8. The van der Waals surface area contributed by atoms with Crippen molar-refractivity contribution in [3.05, 3.63) is 24.0 Å². The molecule has 0 aromatic carbocycles. The second-order valence-electron chi connectivity index (χ2n) is 4.80. The van der Waals surface area contributed by atoms with E-state index in [1.165, 1.54) is 12.8 Å². The first-order valence-corrected chi connectivity index (χ1v) is 5.96. The number of nitrogens with two attached hydrogens (primary N) is 1. The fraction of sp³-hybridized carbons (Fsp3) is 0.500. The molecule has 2 rings (SSSR count). The summed E-state index contributed by atoms with van der Waals surface area (Å²) < 4.78 is 0. The minimum Gasteiger partial charge on any atom is -0.388 e. The first-order valence-electron chi connectivity index (χ1n) is 5.55. The Hall–Kier alpha value is -1.16. The second-order valence-corrected chi connectivity index (χ2v) is 5.24. The van der Waals surface area contributed by atoms with Gasteiger partial charge in [-0.1, -0.05) is 12.2 Å². The molecule has 0 unspecified atom stereocenters. The predicted molar refractivity (Wildman–Crippen MR) is 70.8 cm³/mol. The Morgan fingerprint density at radius 3 is 2.88 bits per heavy atom. The van der Waals surface area contributed by atoms with Crippen LogP contribution in [-0.2, 0) is 0 Å². The Morgan fingerprint density at radius 1 is 1.56 bits per heavy atom. The molecule has 4 heteroatoms. The van der Waals surface area contributed by atoms with E-state index < -0.39 is 0 Å². The molecule has 1 aliphatic rings. The Morgan fingerprint density at radius 2 is 2.31 bits per heavy atom. The molecule has 1 aromatic heterocycles. The Kier molecular flexibility index (Phi) is 2.84. The van der Waals surface area contributed by atoms with E-state index in [1.807, 2.05) is 6.07 Å². The van der Waals surface area contributed by atoms with Crippen LogP contribution in [0.25, 0.3) is 0 Å². The average Bonchev–Trinajstić information content (AvgIpc) is 2.58. The highest BCUT2D eigenvalue weighted by Gasteiger charge is 2.33. The van der Waals surface area contributed by atoms with Crippen molar-refractivity contribution >= 4 is 22.9 Å². The van der Waals surface area contributed by atoms with Crippen molar-refractivity contribution in [2.45, 2.75) is 32.2 Å². The highest BCUT2D eigenvalue weighted by molar-refractivity contribution is 7.80. The molecule has 0 bridgehead atoms. The SMILES string of the molecule is CC1(C)CCCN1c1cccnc1C(N)=S. The van der Waals surface area contributed by atoms with Gasteiger partial charge >= 0.3 is 0 Å². The maximum atomic E-state index is 5.71. The normalized spacial score (nSPS) is 18.8. The van der Waals surface area contributed by atoms with Gasteiger partial charge in [0.25, 0.3) is 0 Å². The van der Waals surface area contributed by atoms with E-state index in [0.717, 1.165) is 17.9 Å². The molecule has 86 valence electrons. The lowest BCUT2D eigenvalue weighted by molar-refractivity contribution is 0.517. The monoisotopic (exact) mass is 235 g/mol. The quantitative estimate of drug-likeness (QED) is 0.797. The smallest absolute Gasteiger partial charge is 0.124 e. The Bertz CT molecular complexity index is 414. The molecule has 1 fully saturated rings. The molecule has 0 saturated carbocycles. The van der Waals surface area contributed by atoms with Crippen molar-refractivity contribution in [1.82, 2.24) is 4.98 Å². The number of nitrogens with zero attached hydrogens (tertiary/aromatic N) is 2. The molecule has 3 nitrogen and oxygen atoms in total. The first-order chi connectivity index (χ1) is 7.52. The topological polar surface area (TPSA) is 42.2 Å². The summed E-state index contributed by atoms with van der Waals surface area (Å²) in [6, 6.07) is 3.99. The lowest BCUT2D eigenvalue weighted by Gasteiger charge is -2.34. The highest BCUT2D eigenvalue weighted by atomic mass is 32.1. The summed E-state index contributed by atoms with van der Waals surface area (Å²) in [5, 5.41) is 0. The van der Waals surface area contributed by atoms with Gasteiger partial charge in [-0.3, -0.25) is 4.98 Å². The van der Waals surface area contributed by atoms with Crippen molar-refractivity contribution in [2.75, 3.05) is 11.4 Å². The average molecular weight is 235 g/mol. The third-order valence-electron chi connectivity index (χ3n) is 3.21. The molecule has 2 N–H and O–H groups in total. The molecule has 2 heterocycles. The van der Waals surface area contributed by atoms with Crippen molar-refractivity contribution in [2.24, 2.45) is 5.73 Å². The summed E-state index contributed by atoms with van der Waals surface area (Å²) in [4.78, 5) is 7.01. The lowest BCUT2D eigenvalue weighted by Crippen LogP contribution is -2.39. The molecule has 1 aliphatic heterocycles. The van der Waals surface area contributed by atoms with Crippen LogP contribution in [0.5, 0.6) is 0 Å². The van der Waals surface area contributed by atoms with Crippen LogP contribution in [0.2, 0.25) is 0 Å². The summed E-state index contributed by atoms with van der Waals surface area (Å²) >= 11 is 5.05. The molecule has 0 amide bonds. The van der Waals surface area contributed by atoms with Gasteiger partial charge in [0, 0.05) is 18.3 Å². The number of thiocarbonyl (C=S) groups is 1. The van der Waals surface area contributed by atoms with E-state index >= 15 is 0 Å². The Balaban J connectivity index is 2.44. The molecule has 1 saturated heterocycles. The molecular weight excluding hydrogens is 218 g/mol.